The topological polar surface area (TPSA) is 69.7 Å². The standard InChI is InChI=1S/C28H22F4N6/c29-18-10-11-24-20(14-18)27(37-36-24)35-26-21-16-38(15-17-6-2-1-3-7-17)13-12-23(21)33-25(34-26)19-8-4-5-9-22(19)28(30,31)32/h1-11,14H,12-13,15-16H2,(H2,33,34,35,36,37). The summed E-state index contributed by atoms with van der Waals surface area (Å²) in [6.45, 7) is 1.88. The van der Waals surface area contributed by atoms with Gasteiger partial charge in [-0.1, -0.05) is 48.5 Å². The molecule has 6 nitrogen and oxygen atoms in total. The fraction of sp³-hybridized carbons (Fsp3) is 0.179. The van der Waals surface area contributed by atoms with Crippen molar-refractivity contribution in [2.24, 2.45) is 0 Å². The van der Waals surface area contributed by atoms with Crippen molar-refractivity contribution in [2.45, 2.75) is 25.7 Å². The van der Waals surface area contributed by atoms with Crippen LogP contribution in [0.1, 0.15) is 22.4 Å². The Balaban J connectivity index is 1.44. The molecule has 0 spiro atoms. The zero-order chi connectivity index (χ0) is 26.3. The number of aromatic amines is 1. The Kier molecular flexibility index (Phi) is 6.03. The van der Waals surface area contributed by atoms with E-state index in [1.807, 2.05) is 30.3 Å². The molecule has 2 N–H and O–H groups in total. The first-order valence-electron chi connectivity index (χ1n) is 12.1. The molecule has 192 valence electrons. The SMILES string of the molecule is Fc1ccc2[nH]nc(Nc3nc(-c4ccccc4C(F)(F)F)nc4c3CN(Cc3ccccc3)CC4)c2c1. The zero-order valence-corrected chi connectivity index (χ0v) is 20.1. The van der Waals surface area contributed by atoms with Crippen molar-refractivity contribution in [3.05, 3.63) is 101 Å². The zero-order valence-electron chi connectivity index (χ0n) is 20.1. The summed E-state index contributed by atoms with van der Waals surface area (Å²) < 4.78 is 55.5. The van der Waals surface area contributed by atoms with Crippen molar-refractivity contribution in [3.63, 3.8) is 0 Å². The van der Waals surface area contributed by atoms with E-state index in [4.69, 9.17) is 0 Å². The molecule has 0 bridgehead atoms. The number of anilines is 2. The molecule has 3 aromatic carbocycles. The third-order valence-corrected chi connectivity index (χ3v) is 6.62. The van der Waals surface area contributed by atoms with E-state index in [0.29, 0.717) is 54.3 Å². The lowest BCUT2D eigenvalue weighted by molar-refractivity contribution is -0.137. The molecule has 0 saturated carbocycles. The van der Waals surface area contributed by atoms with Gasteiger partial charge in [-0.25, -0.2) is 14.4 Å². The van der Waals surface area contributed by atoms with E-state index in [0.717, 1.165) is 17.2 Å². The first-order chi connectivity index (χ1) is 18.3. The molecule has 0 atom stereocenters. The Morgan fingerprint density at radius 3 is 2.53 bits per heavy atom. The highest BCUT2D eigenvalue weighted by atomic mass is 19.4. The van der Waals surface area contributed by atoms with Crippen LogP contribution in [0.2, 0.25) is 0 Å². The number of hydrogen-bond donors (Lipinski definition) is 2. The first kappa shape index (κ1) is 24.1. The van der Waals surface area contributed by atoms with Gasteiger partial charge in [-0.15, -0.1) is 0 Å². The van der Waals surface area contributed by atoms with E-state index in [9.17, 15) is 17.6 Å². The highest BCUT2D eigenvalue weighted by Gasteiger charge is 2.35. The van der Waals surface area contributed by atoms with Gasteiger partial charge >= 0.3 is 6.18 Å². The molecule has 0 aliphatic carbocycles. The fourth-order valence-corrected chi connectivity index (χ4v) is 4.79. The molecule has 2 aromatic heterocycles. The minimum Gasteiger partial charge on any atom is -0.323 e. The summed E-state index contributed by atoms with van der Waals surface area (Å²) in [6.07, 6.45) is -4.03. The lowest BCUT2D eigenvalue weighted by Crippen LogP contribution is -2.31. The van der Waals surface area contributed by atoms with E-state index >= 15 is 0 Å². The highest BCUT2D eigenvalue weighted by Crippen LogP contribution is 2.38. The van der Waals surface area contributed by atoms with Crippen LogP contribution in [0.15, 0.2) is 72.8 Å². The molecule has 6 rings (SSSR count). The molecular formula is C28H22F4N6. The van der Waals surface area contributed by atoms with Gasteiger partial charge in [-0.05, 0) is 29.8 Å². The molecule has 3 heterocycles. The number of fused-ring (bicyclic) bond motifs is 2. The summed E-state index contributed by atoms with van der Waals surface area (Å²) in [5.74, 6) is 0.218. The Labute approximate surface area is 215 Å². The summed E-state index contributed by atoms with van der Waals surface area (Å²) in [5.41, 5.74) is 2.30. The van der Waals surface area contributed by atoms with Crippen LogP contribution in [0.3, 0.4) is 0 Å². The predicted octanol–water partition coefficient (Wildman–Crippen LogP) is 6.48. The lowest BCUT2D eigenvalue weighted by atomic mass is 10.0. The molecule has 10 heteroatoms. The molecule has 1 aliphatic heterocycles. The molecule has 0 amide bonds. The van der Waals surface area contributed by atoms with Gasteiger partial charge in [0.05, 0.1) is 16.8 Å². The molecule has 0 radical (unpaired) electrons. The molecule has 0 fully saturated rings. The monoisotopic (exact) mass is 518 g/mol. The second-order valence-electron chi connectivity index (χ2n) is 9.20. The van der Waals surface area contributed by atoms with Crippen molar-refractivity contribution >= 4 is 22.5 Å². The number of nitrogens with zero attached hydrogens (tertiary/aromatic N) is 4. The Morgan fingerprint density at radius 2 is 1.71 bits per heavy atom. The Morgan fingerprint density at radius 1 is 0.921 bits per heavy atom. The van der Waals surface area contributed by atoms with Gasteiger partial charge in [-0.2, -0.15) is 18.3 Å². The van der Waals surface area contributed by atoms with Gasteiger partial charge in [0.25, 0.3) is 0 Å². The van der Waals surface area contributed by atoms with E-state index in [1.54, 1.807) is 6.07 Å². The van der Waals surface area contributed by atoms with Crippen LogP contribution < -0.4 is 5.32 Å². The van der Waals surface area contributed by atoms with Crippen LogP contribution >= 0.6 is 0 Å². The van der Waals surface area contributed by atoms with Crippen LogP contribution in [0.25, 0.3) is 22.3 Å². The number of benzene rings is 3. The van der Waals surface area contributed by atoms with E-state index < -0.39 is 17.6 Å². The van der Waals surface area contributed by atoms with Gasteiger partial charge in [0.1, 0.15) is 11.6 Å². The van der Waals surface area contributed by atoms with Crippen LogP contribution in [0.4, 0.5) is 29.2 Å². The summed E-state index contributed by atoms with van der Waals surface area (Å²) in [6, 6.07) is 19.5. The van der Waals surface area contributed by atoms with Crippen LogP contribution in [0, 0.1) is 5.82 Å². The van der Waals surface area contributed by atoms with Crippen LogP contribution in [-0.4, -0.2) is 31.6 Å². The third-order valence-electron chi connectivity index (χ3n) is 6.62. The van der Waals surface area contributed by atoms with Gasteiger partial charge < -0.3 is 5.32 Å². The Hall–Kier alpha value is -4.31. The van der Waals surface area contributed by atoms with Gasteiger partial charge in [0, 0.05) is 42.6 Å². The number of aromatic nitrogens is 4. The van der Waals surface area contributed by atoms with Gasteiger partial charge in [-0.3, -0.25) is 10.00 Å². The maximum absolute atomic E-state index is 14.0. The number of H-pyrrole nitrogens is 1. The number of alkyl halides is 3. The molecule has 5 aromatic rings. The molecule has 38 heavy (non-hydrogen) atoms. The molecule has 1 aliphatic rings. The minimum atomic E-state index is -4.56. The number of halogens is 4. The van der Waals surface area contributed by atoms with Gasteiger partial charge in [0.2, 0.25) is 0 Å². The van der Waals surface area contributed by atoms with Crippen molar-refractivity contribution in [3.8, 4) is 11.4 Å². The van der Waals surface area contributed by atoms with Crippen LogP contribution in [-0.2, 0) is 25.7 Å². The minimum absolute atomic E-state index is 0.0262. The number of nitrogens with one attached hydrogen (secondary N) is 2. The summed E-state index contributed by atoms with van der Waals surface area (Å²) in [4.78, 5) is 11.4. The third kappa shape index (κ3) is 4.70. The van der Waals surface area contributed by atoms with Crippen molar-refractivity contribution in [1.82, 2.24) is 25.1 Å². The number of rotatable bonds is 5. The van der Waals surface area contributed by atoms with E-state index in [2.05, 4.69) is 30.4 Å². The molecule has 0 unspecified atom stereocenters. The number of hydrogen-bond acceptors (Lipinski definition) is 5. The van der Waals surface area contributed by atoms with Crippen molar-refractivity contribution in [2.75, 3.05) is 11.9 Å². The lowest BCUT2D eigenvalue weighted by Gasteiger charge is -2.30. The summed E-state index contributed by atoms with van der Waals surface area (Å²) in [7, 11) is 0. The molecule has 0 saturated heterocycles. The van der Waals surface area contributed by atoms with E-state index in [-0.39, 0.29) is 11.4 Å². The average Bonchev–Trinajstić information content (AvgIpc) is 3.30. The van der Waals surface area contributed by atoms with Crippen molar-refractivity contribution in [1.29, 1.82) is 0 Å². The maximum atomic E-state index is 14.0. The van der Waals surface area contributed by atoms with E-state index in [1.165, 1.54) is 30.3 Å². The second-order valence-corrected chi connectivity index (χ2v) is 9.20. The fourth-order valence-electron chi connectivity index (χ4n) is 4.79. The first-order valence-corrected chi connectivity index (χ1v) is 12.1. The molecular weight excluding hydrogens is 496 g/mol. The quantitative estimate of drug-likeness (QED) is 0.261. The smallest absolute Gasteiger partial charge is 0.323 e. The van der Waals surface area contributed by atoms with Crippen molar-refractivity contribution < 1.29 is 17.6 Å². The summed E-state index contributed by atoms with van der Waals surface area (Å²) >= 11 is 0. The highest BCUT2D eigenvalue weighted by molar-refractivity contribution is 5.91. The average molecular weight is 519 g/mol. The van der Waals surface area contributed by atoms with Crippen LogP contribution in [0.5, 0.6) is 0 Å². The Bertz CT molecular complexity index is 1610. The van der Waals surface area contributed by atoms with Gasteiger partial charge in [0.15, 0.2) is 11.6 Å². The largest absolute Gasteiger partial charge is 0.417 e. The summed E-state index contributed by atoms with van der Waals surface area (Å²) in [5, 5.41) is 10.8. The second kappa shape index (κ2) is 9.53. The predicted molar refractivity (Wildman–Crippen MR) is 136 cm³/mol. The normalized spacial score (nSPS) is 14.0. The maximum Gasteiger partial charge on any atom is 0.417 e.